The molecule has 0 spiro atoms. The molecule has 0 aromatic heterocycles. The van der Waals surface area contributed by atoms with Crippen LogP contribution < -0.4 is 0 Å². The summed E-state index contributed by atoms with van der Waals surface area (Å²) in [5.74, 6) is 0. The van der Waals surface area contributed by atoms with E-state index in [0.29, 0.717) is 0 Å². The molecular weight excluding hydrogens is 180 g/mol. The molecule has 0 saturated carbocycles. The zero-order valence-corrected chi connectivity index (χ0v) is 7.72. The molecule has 1 aromatic carbocycles. The fourth-order valence-electron chi connectivity index (χ4n) is 1.02. The molecule has 0 atom stereocenters. The molecule has 0 saturated heterocycles. The van der Waals surface area contributed by atoms with E-state index in [0.717, 1.165) is 6.42 Å². The Bertz CT molecular complexity index is 304. The van der Waals surface area contributed by atoms with E-state index >= 15 is 0 Å². The Kier molecular flexibility index (Phi) is 4.27. The van der Waals surface area contributed by atoms with E-state index < -0.39 is 6.16 Å². The summed E-state index contributed by atoms with van der Waals surface area (Å²) in [6.45, 7) is 0.113. The minimum atomic E-state index is -1.24. The van der Waals surface area contributed by atoms with Gasteiger partial charge in [0.1, 0.15) is 6.61 Å². The quantitative estimate of drug-likeness (QED) is 0.588. The van der Waals surface area contributed by atoms with E-state index in [1.807, 2.05) is 36.4 Å². The Morgan fingerprint density at radius 2 is 2.00 bits per heavy atom. The highest BCUT2D eigenvalue weighted by molar-refractivity contribution is 5.56. The Morgan fingerprint density at radius 1 is 1.29 bits per heavy atom. The Hall–Kier alpha value is -1.77. The lowest BCUT2D eigenvalue weighted by atomic mass is 10.1. The average molecular weight is 192 g/mol. The van der Waals surface area contributed by atoms with Crippen molar-refractivity contribution in [3.63, 3.8) is 0 Å². The van der Waals surface area contributed by atoms with Gasteiger partial charge in [0.15, 0.2) is 0 Å². The molecule has 3 heteroatoms. The van der Waals surface area contributed by atoms with Gasteiger partial charge in [-0.3, -0.25) is 0 Å². The number of hydrogen-bond acceptors (Lipinski definition) is 2. The number of ether oxygens (including phenoxy) is 1. The Labute approximate surface area is 82.6 Å². The molecule has 0 radical (unpaired) electrons. The molecule has 1 aromatic rings. The Balaban J connectivity index is 2.24. The summed E-state index contributed by atoms with van der Waals surface area (Å²) in [4.78, 5) is 9.98. The zero-order chi connectivity index (χ0) is 10.2. The van der Waals surface area contributed by atoms with Gasteiger partial charge in [-0.15, -0.1) is 0 Å². The van der Waals surface area contributed by atoms with Gasteiger partial charge in [-0.25, -0.2) is 4.79 Å². The predicted molar refractivity (Wildman–Crippen MR) is 53.3 cm³/mol. The van der Waals surface area contributed by atoms with Crippen LogP contribution in [0.1, 0.15) is 5.56 Å². The van der Waals surface area contributed by atoms with Crippen LogP contribution in [0.4, 0.5) is 4.79 Å². The molecule has 0 fully saturated rings. The van der Waals surface area contributed by atoms with Crippen LogP contribution >= 0.6 is 0 Å². The third-order valence-electron chi connectivity index (χ3n) is 1.67. The maximum atomic E-state index is 9.98. The monoisotopic (exact) mass is 192 g/mol. The molecule has 3 nitrogen and oxygen atoms in total. The fraction of sp³-hybridized carbons (Fsp3) is 0.182. The second-order valence-electron chi connectivity index (χ2n) is 2.74. The van der Waals surface area contributed by atoms with Crippen molar-refractivity contribution < 1.29 is 14.6 Å². The van der Waals surface area contributed by atoms with Crippen LogP contribution in [0.2, 0.25) is 0 Å². The number of rotatable bonds is 4. The van der Waals surface area contributed by atoms with Gasteiger partial charge in [0.25, 0.3) is 0 Å². The molecule has 1 N–H and O–H groups in total. The van der Waals surface area contributed by atoms with Crippen molar-refractivity contribution in [2.45, 2.75) is 6.42 Å². The van der Waals surface area contributed by atoms with E-state index in [2.05, 4.69) is 4.74 Å². The molecule has 0 aliphatic carbocycles. The molecule has 0 amide bonds. The van der Waals surface area contributed by atoms with E-state index in [4.69, 9.17) is 5.11 Å². The number of allylic oxidation sites excluding steroid dienone is 1. The molecule has 74 valence electrons. The molecule has 0 aliphatic rings. The van der Waals surface area contributed by atoms with Gasteiger partial charge in [0.05, 0.1) is 0 Å². The normalized spacial score (nSPS) is 10.3. The van der Waals surface area contributed by atoms with Crippen molar-refractivity contribution in [3.8, 4) is 0 Å². The summed E-state index contributed by atoms with van der Waals surface area (Å²) in [5, 5.41) is 8.17. The largest absolute Gasteiger partial charge is 0.506 e. The van der Waals surface area contributed by atoms with Crippen LogP contribution in [-0.4, -0.2) is 17.9 Å². The fourth-order valence-corrected chi connectivity index (χ4v) is 1.02. The highest BCUT2D eigenvalue weighted by Gasteiger charge is 1.90. The summed E-state index contributed by atoms with van der Waals surface area (Å²) in [5.41, 5.74) is 1.19. The Morgan fingerprint density at radius 3 is 2.64 bits per heavy atom. The molecule has 1 rings (SSSR count). The first-order chi connectivity index (χ1) is 6.79. The standard InChI is InChI=1S/C11H12O3/c12-11(13)14-9-5-4-8-10-6-2-1-3-7-10/h1-7H,8-9H2,(H,12,13). The van der Waals surface area contributed by atoms with Gasteiger partial charge in [0.2, 0.25) is 0 Å². The van der Waals surface area contributed by atoms with E-state index in [1.54, 1.807) is 6.08 Å². The third kappa shape index (κ3) is 4.30. The first kappa shape index (κ1) is 10.3. The maximum Gasteiger partial charge on any atom is 0.506 e. The number of carbonyl (C=O) groups is 1. The minimum Gasteiger partial charge on any atom is -0.450 e. The van der Waals surface area contributed by atoms with Crippen LogP contribution in [0, 0.1) is 0 Å². The van der Waals surface area contributed by atoms with Crippen LogP contribution in [0.5, 0.6) is 0 Å². The third-order valence-corrected chi connectivity index (χ3v) is 1.67. The second kappa shape index (κ2) is 5.80. The van der Waals surface area contributed by atoms with Crippen molar-refractivity contribution in [3.05, 3.63) is 48.0 Å². The van der Waals surface area contributed by atoms with Crippen LogP contribution in [0.15, 0.2) is 42.5 Å². The van der Waals surface area contributed by atoms with Gasteiger partial charge in [-0.05, 0) is 12.0 Å². The topological polar surface area (TPSA) is 46.5 Å². The smallest absolute Gasteiger partial charge is 0.450 e. The second-order valence-corrected chi connectivity index (χ2v) is 2.74. The van der Waals surface area contributed by atoms with Gasteiger partial charge >= 0.3 is 6.16 Å². The average Bonchev–Trinajstić information content (AvgIpc) is 2.18. The lowest BCUT2D eigenvalue weighted by Crippen LogP contribution is -1.98. The SMILES string of the molecule is O=C(O)OCC=CCc1ccccc1. The number of benzene rings is 1. The van der Waals surface area contributed by atoms with Crippen molar-refractivity contribution in [1.82, 2.24) is 0 Å². The predicted octanol–water partition coefficient (Wildman–Crippen LogP) is 2.48. The highest BCUT2D eigenvalue weighted by atomic mass is 16.7. The maximum absolute atomic E-state index is 9.98. The van der Waals surface area contributed by atoms with E-state index in [9.17, 15) is 4.79 Å². The first-order valence-corrected chi connectivity index (χ1v) is 4.33. The first-order valence-electron chi connectivity index (χ1n) is 4.33. The van der Waals surface area contributed by atoms with Gasteiger partial charge in [-0.2, -0.15) is 0 Å². The molecule has 0 bridgehead atoms. The summed E-state index contributed by atoms with van der Waals surface area (Å²) in [7, 11) is 0. The summed E-state index contributed by atoms with van der Waals surface area (Å²) < 4.78 is 4.31. The lowest BCUT2D eigenvalue weighted by molar-refractivity contribution is 0.102. The highest BCUT2D eigenvalue weighted by Crippen LogP contribution is 1.99. The van der Waals surface area contributed by atoms with Gasteiger partial charge < -0.3 is 9.84 Å². The van der Waals surface area contributed by atoms with Crippen molar-refractivity contribution >= 4 is 6.16 Å². The van der Waals surface area contributed by atoms with Crippen LogP contribution in [-0.2, 0) is 11.2 Å². The lowest BCUT2D eigenvalue weighted by Gasteiger charge is -1.95. The summed E-state index contributed by atoms with van der Waals surface area (Å²) in [6, 6.07) is 9.93. The van der Waals surface area contributed by atoms with Crippen molar-refractivity contribution in [2.24, 2.45) is 0 Å². The number of carboxylic acid groups (broad SMARTS) is 1. The number of hydrogen-bond donors (Lipinski definition) is 1. The summed E-state index contributed by atoms with van der Waals surface area (Å²) >= 11 is 0. The van der Waals surface area contributed by atoms with Crippen LogP contribution in [0.25, 0.3) is 0 Å². The van der Waals surface area contributed by atoms with E-state index in [1.165, 1.54) is 5.56 Å². The molecule has 0 aliphatic heterocycles. The zero-order valence-electron chi connectivity index (χ0n) is 7.72. The van der Waals surface area contributed by atoms with Crippen molar-refractivity contribution in [2.75, 3.05) is 6.61 Å². The molecular formula is C11H12O3. The summed E-state index contributed by atoms with van der Waals surface area (Å²) in [6.07, 6.45) is 3.14. The molecule has 0 unspecified atom stereocenters. The minimum absolute atomic E-state index is 0.113. The van der Waals surface area contributed by atoms with E-state index in [-0.39, 0.29) is 6.61 Å². The van der Waals surface area contributed by atoms with Crippen LogP contribution in [0.3, 0.4) is 0 Å². The van der Waals surface area contributed by atoms with Gasteiger partial charge in [-0.1, -0.05) is 42.5 Å². The van der Waals surface area contributed by atoms with Gasteiger partial charge in [0, 0.05) is 0 Å². The molecule has 0 heterocycles. The molecule has 14 heavy (non-hydrogen) atoms. The van der Waals surface area contributed by atoms with Crippen molar-refractivity contribution in [1.29, 1.82) is 0 Å².